The molecule has 1 fully saturated rings. The van der Waals surface area contributed by atoms with E-state index in [1.807, 2.05) is 13.8 Å². The number of amides is 1. The van der Waals surface area contributed by atoms with Crippen LogP contribution in [0.3, 0.4) is 0 Å². The van der Waals surface area contributed by atoms with Gasteiger partial charge >= 0.3 is 0 Å². The van der Waals surface area contributed by atoms with Crippen molar-refractivity contribution in [2.24, 2.45) is 5.92 Å². The van der Waals surface area contributed by atoms with Crippen molar-refractivity contribution in [1.29, 1.82) is 0 Å². The monoisotopic (exact) mass is 364 g/mol. The molecule has 0 aliphatic carbocycles. The zero-order chi connectivity index (χ0) is 18.1. The van der Waals surface area contributed by atoms with Gasteiger partial charge in [-0.3, -0.25) is 4.79 Å². The van der Waals surface area contributed by atoms with Gasteiger partial charge in [0.25, 0.3) is 5.91 Å². The third kappa shape index (κ3) is 3.74. The molecule has 25 heavy (non-hydrogen) atoms. The number of hydrogen-bond donors (Lipinski definition) is 1. The summed E-state index contributed by atoms with van der Waals surface area (Å²) in [7, 11) is 0. The Morgan fingerprint density at radius 2 is 2.20 bits per heavy atom. The average molecular weight is 364 g/mol. The van der Waals surface area contributed by atoms with Gasteiger partial charge in [0.05, 0.1) is 16.8 Å². The lowest BCUT2D eigenvalue weighted by Gasteiger charge is -2.21. The molecule has 1 aliphatic heterocycles. The van der Waals surface area contributed by atoms with E-state index in [-0.39, 0.29) is 18.5 Å². The van der Waals surface area contributed by atoms with Crippen LogP contribution in [-0.4, -0.2) is 43.7 Å². The van der Waals surface area contributed by atoms with Crippen LogP contribution in [0.4, 0.5) is 0 Å². The number of β-amino-alcohol motifs (C(OH)–C–C–N with tert-alkyl or cyclic N) is 1. The molecule has 1 N–H and O–H groups in total. The number of hydrogen-bond acceptors (Lipinski definition) is 7. The van der Waals surface area contributed by atoms with Gasteiger partial charge in [0.15, 0.2) is 0 Å². The summed E-state index contributed by atoms with van der Waals surface area (Å²) in [5, 5.41) is 19.1. The number of aliphatic hydroxyl groups excluding tert-OH is 1. The maximum Gasteiger partial charge on any atom is 0.266 e. The molecule has 1 amide bonds. The van der Waals surface area contributed by atoms with E-state index in [0.717, 1.165) is 17.1 Å². The number of nitrogens with zero attached hydrogens (tertiary/aromatic N) is 4. The highest BCUT2D eigenvalue weighted by Crippen LogP contribution is 2.34. The maximum atomic E-state index is 13.1. The van der Waals surface area contributed by atoms with Crippen molar-refractivity contribution in [1.82, 2.24) is 20.1 Å². The minimum Gasteiger partial charge on any atom is -0.423 e. The smallest absolute Gasteiger partial charge is 0.266 e. The van der Waals surface area contributed by atoms with Crippen LogP contribution >= 0.6 is 11.3 Å². The van der Waals surface area contributed by atoms with Crippen LogP contribution in [0.5, 0.6) is 0 Å². The van der Waals surface area contributed by atoms with Crippen molar-refractivity contribution >= 4 is 17.2 Å². The fraction of sp³-hybridized carbons (Fsp3) is 0.647. The summed E-state index contributed by atoms with van der Waals surface area (Å²) in [5.41, 5.74) is 0.741. The summed E-state index contributed by atoms with van der Waals surface area (Å²) >= 11 is 1.44. The Kier molecular flexibility index (Phi) is 5.19. The second-order valence-electron chi connectivity index (χ2n) is 6.87. The molecule has 8 heteroatoms. The van der Waals surface area contributed by atoms with Crippen LogP contribution in [0.25, 0.3) is 0 Å². The quantitative estimate of drug-likeness (QED) is 0.876. The van der Waals surface area contributed by atoms with Crippen molar-refractivity contribution < 1.29 is 14.3 Å². The number of thiazole rings is 1. The van der Waals surface area contributed by atoms with E-state index in [0.29, 0.717) is 35.4 Å². The Morgan fingerprint density at radius 1 is 1.44 bits per heavy atom. The molecule has 3 heterocycles. The van der Waals surface area contributed by atoms with Crippen LogP contribution in [-0.2, 0) is 12.8 Å². The molecule has 0 radical (unpaired) electrons. The van der Waals surface area contributed by atoms with E-state index in [1.54, 1.807) is 4.90 Å². The summed E-state index contributed by atoms with van der Waals surface area (Å²) in [6.07, 6.45) is 1.32. The second-order valence-corrected chi connectivity index (χ2v) is 7.95. The van der Waals surface area contributed by atoms with Crippen molar-refractivity contribution in [3.8, 4) is 0 Å². The SMILES string of the molecule is CCc1nnc([C@H]2C[C@@H](O)CN2C(=O)c2sc(CC(C)C)nc2C)o1. The lowest BCUT2D eigenvalue weighted by Crippen LogP contribution is -2.31. The van der Waals surface area contributed by atoms with E-state index >= 15 is 0 Å². The van der Waals surface area contributed by atoms with Gasteiger partial charge < -0.3 is 14.4 Å². The van der Waals surface area contributed by atoms with Crippen LogP contribution in [0.1, 0.15) is 65.4 Å². The fourth-order valence-electron chi connectivity index (χ4n) is 3.03. The molecule has 3 rings (SSSR count). The first kappa shape index (κ1) is 18.0. The molecule has 0 unspecified atom stereocenters. The predicted molar refractivity (Wildman–Crippen MR) is 93.5 cm³/mol. The van der Waals surface area contributed by atoms with Gasteiger partial charge in [-0.2, -0.15) is 0 Å². The molecular formula is C17H24N4O3S. The van der Waals surface area contributed by atoms with Crippen molar-refractivity contribution in [2.45, 2.75) is 59.1 Å². The first-order valence-electron chi connectivity index (χ1n) is 8.66. The molecule has 2 aromatic rings. The van der Waals surface area contributed by atoms with E-state index < -0.39 is 6.10 Å². The van der Waals surface area contributed by atoms with Crippen molar-refractivity contribution in [3.63, 3.8) is 0 Å². The van der Waals surface area contributed by atoms with Gasteiger partial charge in [-0.25, -0.2) is 4.98 Å². The van der Waals surface area contributed by atoms with E-state index in [2.05, 4.69) is 29.0 Å². The summed E-state index contributed by atoms with van der Waals surface area (Å²) in [6, 6.07) is -0.384. The Balaban J connectivity index is 1.85. The van der Waals surface area contributed by atoms with Gasteiger partial charge in [0.2, 0.25) is 11.8 Å². The molecule has 0 spiro atoms. The number of carbonyl (C=O) groups excluding carboxylic acids is 1. The molecule has 1 saturated heterocycles. The standard InChI is InChI=1S/C17H24N4O3S/c1-5-13-19-20-16(24-13)12-7-11(22)8-21(12)17(23)15-10(4)18-14(25-15)6-9(2)3/h9,11-12,22H,5-8H2,1-4H3/t11-,12-/m1/s1. The molecule has 0 saturated carbocycles. The fourth-order valence-corrected chi connectivity index (χ4v) is 4.27. The van der Waals surface area contributed by atoms with Crippen molar-refractivity contribution in [3.05, 3.63) is 27.4 Å². The van der Waals surface area contributed by atoms with Crippen molar-refractivity contribution in [2.75, 3.05) is 6.54 Å². The number of rotatable bonds is 5. The first-order valence-corrected chi connectivity index (χ1v) is 9.48. The molecule has 2 aromatic heterocycles. The van der Waals surface area contributed by atoms with Crippen LogP contribution in [0.15, 0.2) is 4.42 Å². The lowest BCUT2D eigenvalue weighted by molar-refractivity contribution is 0.0701. The highest BCUT2D eigenvalue weighted by Gasteiger charge is 2.40. The molecule has 0 bridgehead atoms. The molecule has 0 aromatic carbocycles. The Bertz CT molecular complexity index is 755. The minimum absolute atomic E-state index is 0.122. The molecule has 1 aliphatic rings. The third-order valence-corrected chi connectivity index (χ3v) is 5.40. The van der Waals surface area contributed by atoms with Gasteiger partial charge in [-0.05, 0) is 12.8 Å². The topological polar surface area (TPSA) is 92.4 Å². The van der Waals surface area contributed by atoms with Crippen LogP contribution in [0, 0.1) is 12.8 Å². The summed E-state index contributed by atoms with van der Waals surface area (Å²) < 4.78 is 5.63. The highest BCUT2D eigenvalue weighted by molar-refractivity contribution is 7.13. The normalized spacial score (nSPS) is 20.6. The molecule has 7 nitrogen and oxygen atoms in total. The zero-order valence-electron chi connectivity index (χ0n) is 15.0. The van der Waals surface area contributed by atoms with E-state index in [9.17, 15) is 9.90 Å². The number of carbonyl (C=O) groups is 1. The Morgan fingerprint density at radius 3 is 2.84 bits per heavy atom. The average Bonchev–Trinajstić information content (AvgIpc) is 3.24. The second kappa shape index (κ2) is 7.21. The predicted octanol–water partition coefficient (Wildman–Crippen LogP) is 2.54. The number of aryl methyl sites for hydroxylation is 2. The summed E-state index contributed by atoms with van der Waals surface area (Å²) in [6.45, 7) is 8.32. The van der Waals surface area contributed by atoms with Crippen LogP contribution < -0.4 is 0 Å². The number of aliphatic hydroxyl groups is 1. The van der Waals surface area contributed by atoms with Crippen LogP contribution in [0.2, 0.25) is 0 Å². The van der Waals surface area contributed by atoms with Gasteiger partial charge in [0.1, 0.15) is 10.9 Å². The minimum atomic E-state index is -0.589. The largest absolute Gasteiger partial charge is 0.423 e. The lowest BCUT2D eigenvalue weighted by atomic mass is 10.1. The number of aromatic nitrogens is 3. The van der Waals surface area contributed by atoms with Gasteiger partial charge in [-0.1, -0.05) is 20.8 Å². The molecule has 136 valence electrons. The summed E-state index contributed by atoms with van der Waals surface area (Å²) in [4.78, 5) is 19.9. The van der Waals surface area contributed by atoms with E-state index in [4.69, 9.17) is 4.42 Å². The Hall–Kier alpha value is -1.80. The molecular weight excluding hydrogens is 340 g/mol. The van der Waals surface area contributed by atoms with Gasteiger partial charge in [0, 0.05) is 25.8 Å². The first-order chi connectivity index (χ1) is 11.9. The van der Waals surface area contributed by atoms with E-state index in [1.165, 1.54) is 11.3 Å². The highest BCUT2D eigenvalue weighted by atomic mass is 32.1. The zero-order valence-corrected chi connectivity index (χ0v) is 15.8. The molecule has 2 atom stereocenters. The third-order valence-electron chi connectivity index (χ3n) is 4.23. The number of likely N-dealkylation sites (tertiary alicyclic amines) is 1. The maximum absolute atomic E-state index is 13.1. The Labute approximate surface area is 151 Å². The van der Waals surface area contributed by atoms with Gasteiger partial charge in [-0.15, -0.1) is 21.5 Å². The summed E-state index contributed by atoms with van der Waals surface area (Å²) in [5.74, 6) is 1.30.